The molecule has 0 aromatic carbocycles. The molecule has 0 amide bonds. The Kier molecular flexibility index (Phi) is 2.10. The van der Waals surface area contributed by atoms with Crippen LogP contribution in [0.25, 0.3) is 11.4 Å². The quantitative estimate of drug-likeness (QED) is 0.726. The molecule has 0 aliphatic heterocycles. The first-order valence-electron chi connectivity index (χ1n) is 4.24. The van der Waals surface area contributed by atoms with Crippen LogP contribution in [0.15, 0.2) is 24.4 Å². The van der Waals surface area contributed by atoms with Gasteiger partial charge in [-0.25, -0.2) is 4.98 Å². The molecule has 2 aromatic rings. The van der Waals surface area contributed by atoms with E-state index in [1.165, 1.54) is 0 Å². The number of imidazole rings is 1. The molecule has 0 unspecified atom stereocenters. The lowest BCUT2D eigenvalue weighted by Crippen LogP contribution is -1.87. The predicted octanol–water partition coefficient (Wildman–Crippen LogP) is 1.59. The van der Waals surface area contributed by atoms with Crippen LogP contribution in [0.4, 0.5) is 0 Å². The lowest BCUT2D eigenvalue weighted by atomic mass is 10.2. The Labute approximate surface area is 81.0 Å². The number of nitrogens with one attached hydrogen (secondary N) is 1. The fourth-order valence-electron chi connectivity index (χ4n) is 1.29. The molecule has 70 valence electrons. The van der Waals surface area contributed by atoms with Crippen molar-refractivity contribution in [1.82, 2.24) is 15.0 Å². The maximum atomic E-state index is 10.7. The highest BCUT2D eigenvalue weighted by Gasteiger charge is 2.09. The number of nitrogens with zero attached hydrogens (tertiary/aromatic N) is 2. The fourth-order valence-corrected chi connectivity index (χ4v) is 1.29. The zero-order chi connectivity index (χ0) is 9.97. The number of aldehydes is 1. The summed E-state index contributed by atoms with van der Waals surface area (Å²) in [6.07, 6.45) is 2.43. The van der Waals surface area contributed by atoms with Gasteiger partial charge >= 0.3 is 0 Å². The van der Waals surface area contributed by atoms with E-state index in [4.69, 9.17) is 0 Å². The number of aromatic amines is 1. The van der Waals surface area contributed by atoms with E-state index < -0.39 is 0 Å². The third-order valence-electron chi connectivity index (χ3n) is 1.88. The van der Waals surface area contributed by atoms with E-state index in [2.05, 4.69) is 15.0 Å². The molecule has 1 N–H and O–H groups in total. The van der Waals surface area contributed by atoms with Crippen molar-refractivity contribution in [3.63, 3.8) is 0 Å². The number of H-pyrrole nitrogens is 1. The van der Waals surface area contributed by atoms with E-state index in [0.29, 0.717) is 22.9 Å². The number of aromatic nitrogens is 3. The highest BCUT2D eigenvalue weighted by Crippen LogP contribution is 2.17. The molecule has 0 atom stereocenters. The van der Waals surface area contributed by atoms with Gasteiger partial charge in [-0.1, -0.05) is 6.07 Å². The smallest absolute Gasteiger partial charge is 0.168 e. The molecule has 0 fully saturated rings. The summed E-state index contributed by atoms with van der Waals surface area (Å²) in [4.78, 5) is 21.9. The molecule has 4 heteroatoms. The first kappa shape index (κ1) is 8.62. The first-order chi connectivity index (χ1) is 6.81. The van der Waals surface area contributed by atoms with Crippen molar-refractivity contribution in [2.75, 3.05) is 0 Å². The highest BCUT2D eigenvalue weighted by atomic mass is 16.1. The second kappa shape index (κ2) is 3.41. The molecule has 0 saturated heterocycles. The number of hydrogen-bond donors (Lipinski definition) is 1. The SMILES string of the molecule is Cc1nc(-c2ccccn2)c(C=O)[nH]1. The van der Waals surface area contributed by atoms with Gasteiger partial charge in [-0.15, -0.1) is 0 Å². The summed E-state index contributed by atoms with van der Waals surface area (Å²) >= 11 is 0. The van der Waals surface area contributed by atoms with Gasteiger partial charge < -0.3 is 4.98 Å². The zero-order valence-corrected chi connectivity index (χ0v) is 7.69. The van der Waals surface area contributed by atoms with Crippen LogP contribution in [0, 0.1) is 6.92 Å². The summed E-state index contributed by atoms with van der Waals surface area (Å²) in [5, 5.41) is 0. The highest BCUT2D eigenvalue weighted by molar-refractivity contribution is 5.82. The Balaban J connectivity index is 2.56. The van der Waals surface area contributed by atoms with Crippen LogP contribution >= 0.6 is 0 Å². The molecular formula is C10H9N3O. The molecule has 2 heterocycles. The number of aryl methyl sites for hydroxylation is 1. The summed E-state index contributed by atoms with van der Waals surface area (Å²) in [6, 6.07) is 5.51. The Morgan fingerprint density at radius 3 is 2.93 bits per heavy atom. The second-order valence-electron chi connectivity index (χ2n) is 2.92. The van der Waals surface area contributed by atoms with E-state index in [0.717, 1.165) is 6.29 Å². The van der Waals surface area contributed by atoms with Gasteiger partial charge in [-0.2, -0.15) is 0 Å². The maximum Gasteiger partial charge on any atom is 0.168 e. The minimum absolute atomic E-state index is 0.473. The van der Waals surface area contributed by atoms with Crippen LogP contribution in [0.2, 0.25) is 0 Å². The fraction of sp³-hybridized carbons (Fsp3) is 0.100. The van der Waals surface area contributed by atoms with Crippen LogP contribution in [0.5, 0.6) is 0 Å². The van der Waals surface area contributed by atoms with Crippen LogP contribution in [-0.2, 0) is 0 Å². The number of carbonyl (C=O) groups is 1. The summed E-state index contributed by atoms with van der Waals surface area (Å²) in [6.45, 7) is 1.80. The number of carbonyl (C=O) groups excluding carboxylic acids is 1. The van der Waals surface area contributed by atoms with Crippen LogP contribution in [-0.4, -0.2) is 21.2 Å². The molecule has 4 nitrogen and oxygen atoms in total. The third kappa shape index (κ3) is 1.42. The zero-order valence-electron chi connectivity index (χ0n) is 7.69. The summed E-state index contributed by atoms with van der Waals surface area (Å²) in [5.74, 6) is 0.716. The Hall–Kier alpha value is -1.97. The molecule has 0 aliphatic carbocycles. The van der Waals surface area contributed by atoms with Gasteiger partial charge in [0.1, 0.15) is 17.2 Å². The van der Waals surface area contributed by atoms with Gasteiger partial charge in [0.15, 0.2) is 6.29 Å². The molecule has 0 bridgehead atoms. The topological polar surface area (TPSA) is 58.6 Å². The minimum atomic E-state index is 0.473. The predicted molar refractivity (Wildman–Crippen MR) is 51.9 cm³/mol. The normalized spacial score (nSPS) is 10.1. The number of pyridine rings is 1. The van der Waals surface area contributed by atoms with E-state index in [-0.39, 0.29) is 0 Å². The van der Waals surface area contributed by atoms with Crippen molar-refractivity contribution in [2.45, 2.75) is 6.92 Å². The average molecular weight is 187 g/mol. The largest absolute Gasteiger partial charge is 0.339 e. The molecule has 0 radical (unpaired) electrons. The lowest BCUT2D eigenvalue weighted by molar-refractivity contribution is 0.112. The molecular weight excluding hydrogens is 178 g/mol. The van der Waals surface area contributed by atoms with Crippen molar-refractivity contribution >= 4 is 6.29 Å². The molecule has 0 saturated carbocycles. The van der Waals surface area contributed by atoms with Gasteiger partial charge in [0.2, 0.25) is 0 Å². The van der Waals surface area contributed by atoms with Crippen molar-refractivity contribution in [3.8, 4) is 11.4 Å². The van der Waals surface area contributed by atoms with E-state index in [1.807, 2.05) is 18.2 Å². The van der Waals surface area contributed by atoms with Crippen molar-refractivity contribution in [1.29, 1.82) is 0 Å². The molecule has 2 aromatic heterocycles. The van der Waals surface area contributed by atoms with E-state index in [1.54, 1.807) is 13.1 Å². The number of hydrogen-bond acceptors (Lipinski definition) is 3. The van der Waals surface area contributed by atoms with Gasteiger partial charge in [0.25, 0.3) is 0 Å². The molecule has 0 spiro atoms. The molecule has 2 rings (SSSR count). The van der Waals surface area contributed by atoms with Gasteiger partial charge in [-0.05, 0) is 19.1 Å². The maximum absolute atomic E-state index is 10.7. The van der Waals surface area contributed by atoms with Gasteiger partial charge in [0.05, 0.1) is 5.69 Å². The Bertz CT molecular complexity index is 448. The third-order valence-corrected chi connectivity index (χ3v) is 1.88. The van der Waals surface area contributed by atoms with Crippen molar-refractivity contribution in [2.24, 2.45) is 0 Å². The monoisotopic (exact) mass is 187 g/mol. The van der Waals surface area contributed by atoms with Crippen molar-refractivity contribution < 1.29 is 4.79 Å². The van der Waals surface area contributed by atoms with Crippen molar-refractivity contribution in [3.05, 3.63) is 35.9 Å². The van der Waals surface area contributed by atoms with Gasteiger partial charge in [0, 0.05) is 6.20 Å². The molecule has 14 heavy (non-hydrogen) atoms. The van der Waals surface area contributed by atoms with Crippen LogP contribution in [0.3, 0.4) is 0 Å². The van der Waals surface area contributed by atoms with Crippen LogP contribution < -0.4 is 0 Å². The first-order valence-corrected chi connectivity index (χ1v) is 4.24. The van der Waals surface area contributed by atoms with Crippen LogP contribution in [0.1, 0.15) is 16.3 Å². The van der Waals surface area contributed by atoms with E-state index >= 15 is 0 Å². The summed E-state index contributed by atoms with van der Waals surface area (Å²) in [7, 11) is 0. The average Bonchev–Trinajstić information content (AvgIpc) is 2.61. The minimum Gasteiger partial charge on any atom is -0.339 e. The standard InChI is InChI=1S/C10H9N3O/c1-7-12-9(6-14)10(13-7)8-4-2-3-5-11-8/h2-6H,1H3,(H,12,13). The Morgan fingerprint density at radius 1 is 1.43 bits per heavy atom. The second-order valence-corrected chi connectivity index (χ2v) is 2.92. The lowest BCUT2D eigenvalue weighted by Gasteiger charge is -1.94. The Morgan fingerprint density at radius 2 is 2.29 bits per heavy atom. The van der Waals surface area contributed by atoms with Gasteiger partial charge in [-0.3, -0.25) is 9.78 Å². The van der Waals surface area contributed by atoms with E-state index in [9.17, 15) is 4.79 Å². The number of rotatable bonds is 2. The molecule has 0 aliphatic rings. The summed E-state index contributed by atoms with van der Waals surface area (Å²) in [5.41, 5.74) is 1.79. The summed E-state index contributed by atoms with van der Waals surface area (Å²) < 4.78 is 0.